The zero-order valence-electron chi connectivity index (χ0n) is 17.5. The molecule has 0 spiro atoms. The largest absolute Gasteiger partial charge is 0.354 e. The number of carbonyl (C=O) groups is 3. The first-order valence-electron chi connectivity index (χ1n) is 9.75. The van der Waals surface area contributed by atoms with Gasteiger partial charge in [-0.1, -0.05) is 30.3 Å². The molecule has 154 valence electrons. The van der Waals surface area contributed by atoms with E-state index in [1.54, 1.807) is 32.0 Å². The molecule has 6 nitrogen and oxygen atoms in total. The van der Waals surface area contributed by atoms with Gasteiger partial charge >= 0.3 is 0 Å². The molecule has 2 aromatic carbocycles. The molecule has 0 bridgehead atoms. The van der Waals surface area contributed by atoms with Gasteiger partial charge in [0, 0.05) is 22.5 Å². The number of carbonyl (C=O) groups excluding carboxylic acids is 3. The standard InChI is InChI=1S/C24H25N3O3/c1-14-21(17(4)28)16(3)25-22(14)24(30)26-15(2)19-11-8-12-20(13-19)27-23(29)18-9-6-5-7-10-18/h5-13,15,25H,1-4H3,(H,26,30)(H,27,29). The third-order valence-corrected chi connectivity index (χ3v) is 5.04. The number of Topliss-reactive ketones (excluding diaryl/α,β-unsaturated/α-hetero) is 1. The predicted molar refractivity (Wildman–Crippen MR) is 117 cm³/mol. The van der Waals surface area contributed by atoms with Crippen LogP contribution in [0.5, 0.6) is 0 Å². The monoisotopic (exact) mass is 403 g/mol. The van der Waals surface area contributed by atoms with E-state index in [9.17, 15) is 14.4 Å². The molecule has 0 saturated carbocycles. The normalized spacial score (nSPS) is 11.6. The lowest BCUT2D eigenvalue weighted by Gasteiger charge is -2.16. The zero-order valence-corrected chi connectivity index (χ0v) is 17.5. The Morgan fingerprint density at radius 1 is 0.933 bits per heavy atom. The van der Waals surface area contributed by atoms with E-state index in [-0.39, 0.29) is 23.6 Å². The summed E-state index contributed by atoms with van der Waals surface area (Å²) in [7, 11) is 0. The number of hydrogen-bond donors (Lipinski definition) is 3. The van der Waals surface area contributed by atoms with Gasteiger partial charge in [-0.25, -0.2) is 0 Å². The van der Waals surface area contributed by atoms with Gasteiger partial charge in [0.05, 0.1) is 6.04 Å². The molecule has 3 rings (SSSR count). The van der Waals surface area contributed by atoms with Crippen LogP contribution >= 0.6 is 0 Å². The molecular weight excluding hydrogens is 378 g/mol. The summed E-state index contributed by atoms with van der Waals surface area (Å²) in [5, 5.41) is 5.83. The highest BCUT2D eigenvalue weighted by Gasteiger charge is 2.21. The molecule has 1 aromatic heterocycles. The number of amides is 2. The van der Waals surface area contributed by atoms with Crippen LogP contribution in [0, 0.1) is 13.8 Å². The molecule has 0 saturated heterocycles. The molecule has 1 heterocycles. The third kappa shape index (κ3) is 4.49. The van der Waals surface area contributed by atoms with Crippen LogP contribution in [0.2, 0.25) is 0 Å². The minimum atomic E-state index is -0.296. The summed E-state index contributed by atoms with van der Waals surface area (Å²) in [4.78, 5) is 40.0. The molecule has 0 fully saturated rings. The van der Waals surface area contributed by atoms with Crippen molar-refractivity contribution in [2.24, 2.45) is 0 Å². The SMILES string of the molecule is CC(=O)c1c(C)[nH]c(C(=O)NC(C)c2cccc(NC(=O)c3ccccc3)c2)c1C. The van der Waals surface area contributed by atoms with Crippen molar-refractivity contribution in [2.75, 3.05) is 5.32 Å². The van der Waals surface area contributed by atoms with Gasteiger partial charge in [0.1, 0.15) is 5.69 Å². The summed E-state index contributed by atoms with van der Waals surface area (Å²) in [5.74, 6) is -0.553. The van der Waals surface area contributed by atoms with E-state index in [1.165, 1.54) is 6.92 Å². The summed E-state index contributed by atoms with van der Waals surface area (Å²) in [6, 6.07) is 16.0. The molecule has 6 heteroatoms. The van der Waals surface area contributed by atoms with Gasteiger partial charge < -0.3 is 15.6 Å². The first kappa shape index (κ1) is 21.0. The van der Waals surface area contributed by atoms with Crippen molar-refractivity contribution >= 4 is 23.3 Å². The summed E-state index contributed by atoms with van der Waals surface area (Å²) in [6.07, 6.45) is 0. The third-order valence-electron chi connectivity index (χ3n) is 5.04. The maximum atomic E-state index is 12.8. The highest BCUT2D eigenvalue weighted by atomic mass is 16.2. The van der Waals surface area contributed by atoms with Crippen molar-refractivity contribution in [3.05, 3.63) is 88.2 Å². The molecule has 0 radical (unpaired) electrons. The van der Waals surface area contributed by atoms with Crippen molar-refractivity contribution in [2.45, 2.75) is 33.7 Å². The lowest BCUT2D eigenvalue weighted by molar-refractivity contribution is 0.0933. The smallest absolute Gasteiger partial charge is 0.268 e. The maximum Gasteiger partial charge on any atom is 0.268 e. The zero-order chi connectivity index (χ0) is 21.8. The molecular formula is C24H25N3O3. The van der Waals surface area contributed by atoms with Gasteiger partial charge in [-0.2, -0.15) is 0 Å². The number of hydrogen-bond acceptors (Lipinski definition) is 3. The maximum absolute atomic E-state index is 12.8. The summed E-state index contributed by atoms with van der Waals surface area (Å²) in [5.41, 5.74) is 4.34. The second-order valence-corrected chi connectivity index (χ2v) is 7.32. The van der Waals surface area contributed by atoms with Gasteiger partial charge in [0.25, 0.3) is 11.8 Å². The van der Waals surface area contributed by atoms with Crippen molar-refractivity contribution in [3.8, 4) is 0 Å². The quantitative estimate of drug-likeness (QED) is 0.526. The Balaban J connectivity index is 1.73. The number of benzene rings is 2. The second kappa shape index (κ2) is 8.78. The van der Waals surface area contributed by atoms with Gasteiger partial charge in [-0.3, -0.25) is 14.4 Å². The van der Waals surface area contributed by atoms with E-state index in [0.29, 0.717) is 33.8 Å². The Kier molecular flexibility index (Phi) is 6.16. The van der Waals surface area contributed by atoms with Crippen LogP contribution in [0.25, 0.3) is 0 Å². The van der Waals surface area contributed by atoms with Crippen LogP contribution < -0.4 is 10.6 Å². The van der Waals surface area contributed by atoms with E-state index in [0.717, 1.165) is 5.56 Å². The minimum Gasteiger partial charge on any atom is -0.354 e. The molecule has 30 heavy (non-hydrogen) atoms. The second-order valence-electron chi connectivity index (χ2n) is 7.32. The lowest BCUT2D eigenvalue weighted by atomic mass is 10.1. The van der Waals surface area contributed by atoms with Gasteiger partial charge in [0.15, 0.2) is 5.78 Å². The average Bonchev–Trinajstić information content (AvgIpc) is 3.03. The summed E-state index contributed by atoms with van der Waals surface area (Å²) in [6.45, 7) is 6.90. The number of nitrogens with one attached hydrogen (secondary N) is 3. The van der Waals surface area contributed by atoms with Crippen LogP contribution in [0.15, 0.2) is 54.6 Å². The van der Waals surface area contributed by atoms with Crippen LogP contribution in [-0.4, -0.2) is 22.6 Å². The number of aromatic amines is 1. The Morgan fingerprint density at radius 3 is 2.27 bits per heavy atom. The van der Waals surface area contributed by atoms with Gasteiger partial charge in [0.2, 0.25) is 0 Å². The van der Waals surface area contributed by atoms with E-state index < -0.39 is 0 Å². The molecule has 0 aliphatic rings. The minimum absolute atomic E-state index is 0.0739. The van der Waals surface area contributed by atoms with Crippen LogP contribution in [0.4, 0.5) is 5.69 Å². The molecule has 0 aliphatic heterocycles. The number of rotatable bonds is 6. The topological polar surface area (TPSA) is 91.1 Å². The van der Waals surface area contributed by atoms with E-state index >= 15 is 0 Å². The van der Waals surface area contributed by atoms with Crippen LogP contribution in [0.3, 0.4) is 0 Å². The Hall–Kier alpha value is -3.67. The molecule has 3 N–H and O–H groups in total. The van der Waals surface area contributed by atoms with Gasteiger partial charge in [-0.05, 0) is 63.1 Å². The fourth-order valence-electron chi connectivity index (χ4n) is 3.54. The first-order chi connectivity index (χ1) is 14.3. The van der Waals surface area contributed by atoms with Gasteiger partial charge in [-0.15, -0.1) is 0 Å². The summed E-state index contributed by atoms with van der Waals surface area (Å²) >= 11 is 0. The van der Waals surface area contributed by atoms with Crippen LogP contribution in [-0.2, 0) is 0 Å². The molecule has 3 aromatic rings. The number of aromatic nitrogens is 1. The van der Waals surface area contributed by atoms with Crippen molar-refractivity contribution in [1.29, 1.82) is 0 Å². The van der Waals surface area contributed by atoms with Crippen molar-refractivity contribution in [1.82, 2.24) is 10.3 Å². The predicted octanol–water partition coefficient (Wildman–Crippen LogP) is 4.58. The number of ketones is 1. The molecule has 1 atom stereocenters. The number of anilines is 1. The number of aryl methyl sites for hydroxylation is 1. The molecule has 0 aliphatic carbocycles. The fourth-order valence-corrected chi connectivity index (χ4v) is 3.54. The molecule has 1 unspecified atom stereocenters. The fraction of sp³-hybridized carbons (Fsp3) is 0.208. The summed E-state index contributed by atoms with van der Waals surface area (Å²) < 4.78 is 0. The highest BCUT2D eigenvalue weighted by Crippen LogP contribution is 2.21. The van der Waals surface area contributed by atoms with Crippen molar-refractivity contribution < 1.29 is 14.4 Å². The average molecular weight is 403 g/mol. The number of H-pyrrole nitrogens is 1. The van der Waals surface area contributed by atoms with E-state index in [1.807, 2.05) is 43.3 Å². The Labute approximate surface area is 175 Å². The Morgan fingerprint density at radius 2 is 1.63 bits per heavy atom. The van der Waals surface area contributed by atoms with Crippen molar-refractivity contribution in [3.63, 3.8) is 0 Å². The molecule has 2 amide bonds. The van der Waals surface area contributed by atoms with Crippen LogP contribution in [0.1, 0.15) is 67.9 Å². The van der Waals surface area contributed by atoms with E-state index in [4.69, 9.17) is 0 Å². The Bertz CT molecular complexity index is 1100. The first-order valence-corrected chi connectivity index (χ1v) is 9.75. The lowest BCUT2D eigenvalue weighted by Crippen LogP contribution is -2.27. The highest BCUT2D eigenvalue weighted by molar-refractivity contribution is 6.04. The van der Waals surface area contributed by atoms with E-state index in [2.05, 4.69) is 15.6 Å².